The highest BCUT2D eigenvalue weighted by molar-refractivity contribution is 7.71. The van der Waals surface area contributed by atoms with Crippen LogP contribution >= 0.6 is 23.6 Å². The summed E-state index contributed by atoms with van der Waals surface area (Å²) >= 11 is 7.00. The second kappa shape index (κ2) is 3.36. The highest BCUT2D eigenvalue weighted by Gasteiger charge is 2.06. The van der Waals surface area contributed by atoms with E-state index in [9.17, 15) is 0 Å². The minimum Gasteiger partial charge on any atom is -0.245 e. The van der Waals surface area contributed by atoms with Gasteiger partial charge in [0, 0.05) is 0 Å². The first-order chi connectivity index (χ1) is 7.34. The zero-order chi connectivity index (χ0) is 10.3. The Balaban J connectivity index is 2.54. The molecule has 0 fully saturated rings. The lowest BCUT2D eigenvalue weighted by atomic mass is 10.2. The molecule has 0 saturated heterocycles. The predicted octanol–water partition coefficient (Wildman–Crippen LogP) is 4.13. The molecular formula is C12H7NS2. The molecule has 1 aromatic rings. The molecule has 0 amide bonds. The van der Waals surface area contributed by atoms with Gasteiger partial charge in [0.2, 0.25) is 0 Å². The molecule has 1 nitrogen and oxygen atoms in total. The fourth-order valence-electron chi connectivity index (χ4n) is 1.57. The SMILES string of the molecule is S=c1cccc2sc3ccccc3nc1-2. The van der Waals surface area contributed by atoms with Crippen LogP contribution in [-0.2, 0) is 0 Å². The Morgan fingerprint density at radius 2 is 1.87 bits per heavy atom. The maximum Gasteiger partial charge on any atom is 0.0990 e. The summed E-state index contributed by atoms with van der Waals surface area (Å²) in [5.41, 5.74) is 1.96. The molecule has 1 heterocycles. The van der Waals surface area contributed by atoms with E-state index in [1.165, 1.54) is 4.70 Å². The van der Waals surface area contributed by atoms with Gasteiger partial charge in [0.1, 0.15) is 0 Å². The Labute approximate surface area is 96.4 Å². The Hall–Kier alpha value is -1.32. The standard InChI is InChI=1S/C12H7NS2/c14-9-5-3-7-11-12(9)13-8-4-1-2-6-10(8)15-11/h1-7H. The molecule has 0 unspecified atom stereocenters. The normalized spacial score (nSPS) is 10.9. The van der Waals surface area contributed by atoms with Crippen molar-refractivity contribution in [3.05, 3.63) is 47.0 Å². The lowest BCUT2D eigenvalue weighted by molar-refractivity contribution is 1.41. The predicted molar refractivity (Wildman–Crippen MR) is 67.1 cm³/mol. The minimum absolute atomic E-state index is 0.828. The molecule has 0 radical (unpaired) electrons. The number of aromatic nitrogens is 1. The van der Waals surface area contributed by atoms with Crippen LogP contribution in [0, 0.1) is 4.51 Å². The average Bonchev–Trinajstić information content (AvgIpc) is 2.27. The molecule has 0 N–H and O–H groups in total. The van der Waals surface area contributed by atoms with Crippen molar-refractivity contribution in [3.8, 4) is 10.6 Å². The van der Waals surface area contributed by atoms with Crippen LogP contribution in [0.5, 0.6) is 0 Å². The third-order valence-corrected chi connectivity index (χ3v) is 3.72. The molecule has 72 valence electrons. The molecule has 1 aromatic carbocycles. The summed E-state index contributed by atoms with van der Waals surface area (Å²) in [7, 11) is 0. The topological polar surface area (TPSA) is 12.9 Å². The van der Waals surface area contributed by atoms with Gasteiger partial charge in [-0.1, -0.05) is 30.4 Å². The second-order valence-electron chi connectivity index (χ2n) is 3.28. The molecule has 1 aliphatic heterocycles. The van der Waals surface area contributed by atoms with Crippen LogP contribution in [0.25, 0.3) is 20.8 Å². The number of nitrogens with zero attached hydrogens (tertiary/aromatic N) is 1. The number of fused-ring (bicyclic) bond motifs is 2. The largest absolute Gasteiger partial charge is 0.245 e. The van der Waals surface area contributed by atoms with E-state index in [4.69, 9.17) is 12.2 Å². The number of hydrogen-bond acceptors (Lipinski definition) is 3. The minimum atomic E-state index is 0.828. The lowest BCUT2D eigenvalue weighted by Gasteiger charge is -2.04. The zero-order valence-corrected chi connectivity index (χ0v) is 9.44. The Kier molecular flexibility index (Phi) is 2.01. The first-order valence-electron chi connectivity index (χ1n) is 4.63. The van der Waals surface area contributed by atoms with E-state index in [0.717, 1.165) is 20.6 Å². The van der Waals surface area contributed by atoms with Crippen LogP contribution in [0.3, 0.4) is 0 Å². The summed E-state index contributed by atoms with van der Waals surface area (Å²) in [6.07, 6.45) is 0. The molecule has 0 aromatic heterocycles. The van der Waals surface area contributed by atoms with E-state index in [1.54, 1.807) is 11.3 Å². The van der Waals surface area contributed by atoms with E-state index in [0.29, 0.717) is 0 Å². The fraction of sp³-hybridized carbons (Fsp3) is 0. The molecular weight excluding hydrogens is 222 g/mol. The average molecular weight is 229 g/mol. The molecule has 15 heavy (non-hydrogen) atoms. The van der Waals surface area contributed by atoms with Crippen LogP contribution in [0.1, 0.15) is 0 Å². The molecule has 3 heteroatoms. The van der Waals surface area contributed by atoms with Crippen molar-refractivity contribution in [1.29, 1.82) is 0 Å². The lowest BCUT2D eigenvalue weighted by Crippen LogP contribution is -1.85. The Morgan fingerprint density at radius 1 is 1.00 bits per heavy atom. The number of rotatable bonds is 0. The van der Waals surface area contributed by atoms with E-state index < -0.39 is 0 Å². The first-order valence-corrected chi connectivity index (χ1v) is 5.86. The van der Waals surface area contributed by atoms with E-state index in [-0.39, 0.29) is 0 Å². The van der Waals surface area contributed by atoms with Crippen molar-refractivity contribution in [3.63, 3.8) is 0 Å². The van der Waals surface area contributed by atoms with Gasteiger partial charge in [0.05, 0.1) is 25.3 Å². The van der Waals surface area contributed by atoms with Gasteiger partial charge in [-0.2, -0.15) is 0 Å². The maximum atomic E-state index is 5.26. The first kappa shape index (κ1) is 8.95. The highest BCUT2D eigenvalue weighted by Crippen LogP contribution is 2.30. The van der Waals surface area contributed by atoms with Gasteiger partial charge in [0.25, 0.3) is 0 Å². The van der Waals surface area contributed by atoms with Crippen molar-refractivity contribution >= 4 is 33.8 Å². The van der Waals surface area contributed by atoms with Crippen molar-refractivity contribution < 1.29 is 0 Å². The molecule has 0 atom stereocenters. The van der Waals surface area contributed by atoms with Crippen molar-refractivity contribution in [1.82, 2.24) is 4.98 Å². The fourth-order valence-corrected chi connectivity index (χ4v) is 2.87. The van der Waals surface area contributed by atoms with Crippen LogP contribution < -0.4 is 0 Å². The summed E-state index contributed by atoms with van der Waals surface area (Å²) in [6.45, 7) is 0. The van der Waals surface area contributed by atoms with Gasteiger partial charge in [-0.15, -0.1) is 11.3 Å². The molecule has 0 saturated carbocycles. The van der Waals surface area contributed by atoms with Gasteiger partial charge in [0.15, 0.2) is 0 Å². The molecule has 2 aliphatic rings. The number of hydrogen-bond donors (Lipinski definition) is 0. The summed E-state index contributed by atoms with van der Waals surface area (Å²) in [5, 5.41) is 0. The maximum absolute atomic E-state index is 5.26. The zero-order valence-electron chi connectivity index (χ0n) is 7.81. The van der Waals surface area contributed by atoms with Gasteiger partial charge >= 0.3 is 0 Å². The molecule has 1 aliphatic carbocycles. The summed E-state index contributed by atoms with van der Waals surface area (Å²) in [4.78, 5) is 5.74. The smallest absolute Gasteiger partial charge is 0.0990 e. The third-order valence-electron chi connectivity index (χ3n) is 2.28. The van der Waals surface area contributed by atoms with Crippen molar-refractivity contribution in [2.24, 2.45) is 0 Å². The molecule has 0 spiro atoms. The quantitative estimate of drug-likeness (QED) is 0.424. The van der Waals surface area contributed by atoms with Crippen molar-refractivity contribution in [2.45, 2.75) is 0 Å². The summed E-state index contributed by atoms with van der Waals surface area (Å²) in [6, 6.07) is 14.1. The van der Waals surface area contributed by atoms with Gasteiger partial charge < -0.3 is 0 Å². The monoisotopic (exact) mass is 229 g/mol. The van der Waals surface area contributed by atoms with Crippen LogP contribution in [-0.4, -0.2) is 4.98 Å². The van der Waals surface area contributed by atoms with E-state index >= 15 is 0 Å². The summed E-state index contributed by atoms with van der Waals surface area (Å²) in [5.74, 6) is 0. The van der Waals surface area contributed by atoms with Crippen LogP contribution in [0.4, 0.5) is 0 Å². The number of benzene rings is 2. The van der Waals surface area contributed by atoms with Crippen LogP contribution in [0.2, 0.25) is 0 Å². The van der Waals surface area contributed by atoms with E-state index in [2.05, 4.69) is 17.1 Å². The van der Waals surface area contributed by atoms with E-state index in [1.807, 2.05) is 30.3 Å². The number of para-hydroxylation sites is 2. The summed E-state index contributed by atoms with van der Waals surface area (Å²) < 4.78 is 2.03. The molecule has 0 bridgehead atoms. The van der Waals surface area contributed by atoms with Crippen molar-refractivity contribution in [2.75, 3.05) is 0 Å². The van der Waals surface area contributed by atoms with Gasteiger partial charge in [-0.25, -0.2) is 4.98 Å². The Bertz CT molecular complexity index is 657. The third kappa shape index (κ3) is 1.44. The van der Waals surface area contributed by atoms with Gasteiger partial charge in [-0.3, -0.25) is 0 Å². The van der Waals surface area contributed by atoms with Crippen LogP contribution in [0.15, 0.2) is 42.5 Å². The van der Waals surface area contributed by atoms with Gasteiger partial charge in [-0.05, 0) is 24.3 Å². The second-order valence-corrected chi connectivity index (χ2v) is 4.81. The Morgan fingerprint density at radius 3 is 2.80 bits per heavy atom. The highest BCUT2D eigenvalue weighted by atomic mass is 32.1. The molecule has 3 rings (SSSR count).